The average Bonchev–Trinajstić information content (AvgIpc) is 1.61. The van der Waals surface area contributed by atoms with Crippen molar-refractivity contribution in [2.75, 3.05) is 34.9 Å². The molecule has 21 nitrogen and oxygen atoms in total. The highest BCUT2D eigenvalue weighted by molar-refractivity contribution is 6.14. The zero-order valence-electron chi connectivity index (χ0n) is 64.2. The number of H-pyrrole nitrogens is 3. The molecule has 0 radical (unpaired) electrons. The van der Waals surface area contributed by atoms with E-state index >= 15 is 9.59 Å². The Kier molecular flexibility index (Phi) is 22.8. The summed E-state index contributed by atoms with van der Waals surface area (Å²) in [6.45, 7) is 7.69. The zero-order chi connectivity index (χ0) is 77.4. The van der Waals surface area contributed by atoms with Crippen molar-refractivity contribution in [3.8, 4) is 44.5 Å². The van der Waals surface area contributed by atoms with Crippen LogP contribution in [0, 0.1) is 21.7 Å². The van der Waals surface area contributed by atoms with Crippen molar-refractivity contribution < 1.29 is 43.1 Å². The molecule has 1 atom stereocenters. The second-order valence-corrected chi connectivity index (χ2v) is 32.2. The molecule has 14 rings (SSSR count). The lowest BCUT2D eigenvalue weighted by atomic mass is 9.75. The number of Topliss-reactive ketones (excluding diaryl/α,β-unsaturated/α-hetero) is 1. The first-order chi connectivity index (χ1) is 53.7. The van der Waals surface area contributed by atoms with E-state index in [1.54, 1.807) is 6.07 Å². The quantitative estimate of drug-likeness (QED) is 0.0213. The fourth-order valence-corrected chi connectivity index (χ4v) is 17.2. The summed E-state index contributed by atoms with van der Waals surface area (Å²) in [5.41, 5.74) is 9.08. The van der Waals surface area contributed by atoms with E-state index in [-0.39, 0.29) is 60.7 Å². The van der Waals surface area contributed by atoms with Crippen LogP contribution in [0.15, 0.2) is 128 Å². The summed E-state index contributed by atoms with van der Waals surface area (Å²) in [7, 11) is 1.22. The maximum absolute atomic E-state index is 16.1. The number of imidazole rings is 1. The van der Waals surface area contributed by atoms with Crippen LogP contribution >= 0.6 is 0 Å². The van der Waals surface area contributed by atoms with Crippen LogP contribution in [0.1, 0.15) is 214 Å². The highest BCUT2D eigenvalue weighted by Gasteiger charge is 2.40. The maximum Gasteiger partial charge on any atom is 0.328 e. The lowest BCUT2D eigenvalue weighted by Gasteiger charge is -2.32. The van der Waals surface area contributed by atoms with Crippen molar-refractivity contribution in [3.63, 3.8) is 0 Å². The van der Waals surface area contributed by atoms with Gasteiger partial charge in [-0.25, -0.2) is 19.7 Å². The number of rotatable bonds is 23. The van der Waals surface area contributed by atoms with E-state index < -0.39 is 52.0 Å². The van der Waals surface area contributed by atoms with Gasteiger partial charge >= 0.3 is 5.97 Å². The van der Waals surface area contributed by atoms with Gasteiger partial charge in [0, 0.05) is 142 Å². The van der Waals surface area contributed by atoms with E-state index in [0.29, 0.717) is 131 Å². The first-order valence-corrected chi connectivity index (χ1v) is 39.7. The fraction of sp³-hybridized carbons (Fsp3) is 0.389. The molecule has 8 aromatic rings. The van der Waals surface area contributed by atoms with Gasteiger partial charge in [0.05, 0.1) is 48.3 Å². The van der Waals surface area contributed by atoms with Gasteiger partial charge in [0.15, 0.2) is 5.78 Å². The Morgan fingerprint density at radius 1 is 0.450 bits per heavy atom. The van der Waals surface area contributed by atoms with Crippen molar-refractivity contribution >= 4 is 116 Å². The van der Waals surface area contributed by atoms with E-state index in [2.05, 4.69) is 58.8 Å². The molecule has 4 fully saturated rings. The first kappa shape index (κ1) is 76.4. The number of nitrogens with one attached hydrogen (secondary N) is 9. The molecule has 9 N–H and O–H groups in total. The minimum atomic E-state index is -1.06. The number of aromatic amines is 3. The van der Waals surface area contributed by atoms with Gasteiger partial charge in [-0.2, -0.15) is 0 Å². The van der Waals surface area contributed by atoms with Crippen LogP contribution in [-0.4, -0.2) is 96.8 Å². The molecule has 2 aliphatic heterocycles. The minimum absolute atomic E-state index is 0.0410. The van der Waals surface area contributed by atoms with Gasteiger partial charge in [0.1, 0.15) is 6.04 Å². The lowest BCUT2D eigenvalue weighted by Crippen LogP contribution is -2.47. The molecule has 1 unspecified atom stereocenters. The van der Waals surface area contributed by atoms with E-state index in [0.717, 1.165) is 116 Å². The van der Waals surface area contributed by atoms with E-state index in [4.69, 9.17) is 14.7 Å². The van der Waals surface area contributed by atoms with Crippen molar-refractivity contribution in [2.45, 2.75) is 188 Å². The Hall–Kier alpha value is -11.4. The Bertz CT molecular complexity index is 5150. The lowest BCUT2D eigenvalue weighted by molar-refractivity contribution is -0.145. The highest BCUT2D eigenvalue weighted by Crippen LogP contribution is 2.48. The number of carbonyl (C=O) groups is 8. The third-order valence-electron chi connectivity index (χ3n) is 24.0. The summed E-state index contributed by atoms with van der Waals surface area (Å²) in [5, 5.41) is 18.9. The third-order valence-corrected chi connectivity index (χ3v) is 24.0. The summed E-state index contributed by atoms with van der Waals surface area (Å²) in [4.78, 5) is 142. The van der Waals surface area contributed by atoms with Gasteiger partial charge in [0.25, 0.3) is 0 Å². The van der Waals surface area contributed by atoms with Gasteiger partial charge < -0.3 is 51.6 Å². The Labute approximate surface area is 647 Å². The predicted molar refractivity (Wildman–Crippen MR) is 437 cm³/mol. The molecular formula is C90H100N12O9. The number of anilines is 4. The number of nitrogens with zero attached hydrogens (tertiary/aromatic N) is 3. The molecule has 0 spiro atoms. The van der Waals surface area contributed by atoms with Crippen LogP contribution in [0.25, 0.3) is 90.9 Å². The summed E-state index contributed by atoms with van der Waals surface area (Å²) in [6, 6.07) is 35.4. The second-order valence-electron chi connectivity index (χ2n) is 32.2. The largest absolute Gasteiger partial charge is 0.467 e. The van der Waals surface area contributed by atoms with Crippen LogP contribution < -0.4 is 31.9 Å². The van der Waals surface area contributed by atoms with Crippen molar-refractivity contribution in [1.29, 1.82) is 0 Å². The molecule has 21 heteroatoms. The van der Waals surface area contributed by atoms with Gasteiger partial charge in [0.2, 0.25) is 35.4 Å². The van der Waals surface area contributed by atoms with Crippen molar-refractivity contribution in [3.05, 3.63) is 162 Å². The van der Waals surface area contributed by atoms with Gasteiger partial charge in [-0.1, -0.05) is 178 Å². The average molecular weight is 1490 g/mol. The van der Waals surface area contributed by atoms with Crippen molar-refractivity contribution in [2.24, 2.45) is 21.7 Å². The molecule has 4 aliphatic carbocycles. The van der Waals surface area contributed by atoms with Crippen LogP contribution in [-0.2, 0) is 44.7 Å². The number of fused-ring (bicyclic) bond motifs is 8. The molecule has 6 heterocycles. The summed E-state index contributed by atoms with van der Waals surface area (Å²) in [6.07, 6.45) is 28.0. The molecule has 4 aromatic heterocycles. The highest BCUT2D eigenvalue weighted by atomic mass is 16.5. The number of esters is 1. The molecule has 0 saturated heterocycles. The summed E-state index contributed by atoms with van der Waals surface area (Å²) in [5.74, 6) is -2.57. The van der Waals surface area contributed by atoms with Crippen molar-refractivity contribution in [1.82, 2.24) is 40.5 Å². The van der Waals surface area contributed by atoms with Gasteiger partial charge in [-0.15, -0.1) is 0 Å². The summed E-state index contributed by atoms with van der Waals surface area (Å²) < 4.78 is 4.97. The number of ketones is 1. The third kappa shape index (κ3) is 16.6. The molecule has 8 bridgehead atoms. The molecule has 6 amide bonds. The van der Waals surface area contributed by atoms with Crippen LogP contribution in [0.3, 0.4) is 0 Å². The minimum Gasteiger partial charge on any atom is -0.467 e. The zero-order valence-corrected chi connectivity index (χ0v) is 64.2. The van der Waals surface area contributed by atoms with Crippen LogP contribution in [0.5, 0.6) is 0 Å². The Morgan fingerprint density at radius 3 is 1.22 bits per heavy atom. The number of hydrogen-bond donors (Lipinski definition) is 9. The van der Waals surface area contributed by atoms with Crippen LogP contribution in [0.2, 0.25) is 0 Å². The molecule has 4 aromatic carbocycles. The molecule has 111 heavy (non-hydrogen) atoms. The number of methoxy groups -OCH3 is 1. The van der Waals surface area contributed by atoms with Gasteiger partial charge in [-0.3, -0.25) is 33.6 Å². The van der Waals surface area contributed by atoms with E-state index in [1.165, 1.54) is 19.6 Å². The maximum atomic E-state index is 16.1. The number of amides is 6. The smallest absolute Gasteiger partial charge is 0.328 e. The SMILES string of the molecule is COC(=O)C(Cc1cnc[nH]1)NC(=O)CNC(=O)CCCC(=O)c1cc2[nH]c1c(-c1ccccc1NC(=O)C1(C)CCCCC1)c1nc(c(-c3ccccc3NC(=O)C3(C)CCCCC3)c3ccc([nH]3)c(-c3ccccc3NC(=O)C3(C)CCCCC3)c3nc(c2-c2ccccc2NC(=O)C2(C)CCCCC2)C=C3)C=C1. The fourth-order valence-electron chi connectivity index (χ4n) is 17.2. The second kappa shape index (κ2) is 33.1. The van der Waals surface area contributed by atoms with Crippen LogP contribution in [0.4, 0.5) is 22.7 Å². The Morgan fingerprint density at radius 2 is 0.829 bits per heavy atom. The molecule has 574 valence electrons. The molecular weight excluding hydrogens is 1390 g/mol. The van der Waals surface area contributed by atoms with E-state index in [1.807, 2.05) is 154 Å². The number of aromatic nitrogens is 6. The summed E-state index contributed by atoms with van der Waals surface area (Å²) >= 11 is 0. The van der Waals surface area contributed by atoms with Gasteiger partial charge in [-0.05, 0) is 125 Å². The molecule has 4 saturated carbocycles. The first-order valence-electron chi connectivity index (χ1n) is 39.7. The standard InChI is InChI=1S/C90H100N12O9/c1-87(43-18-6-19-44-87)83(107)99-62-31-14-10-27-57(62)77-66-37-38-67(94-66)78(58-28-11-15-32-63(58)100-84(108)88(2)45-20-7-21-46-88)69-41-42-71(96-69)80(60-30-13-17-34-65(60)102-86(110)90(4)49-24-9-25-50-90)81-61(74(103)35-26-36-75(104)92-54-76(105)97-73(82(106)111-5)51-56-53-91-55-93-56)52-72(98-81)79(70-40-39-68(77)95-70)59-29-12-16-33-64(59)101-85(109)89(3)47-22-8-23-48-89/h10-17,27-34,37-42,52-53,55,73,94,98H,6-9,18-26,35-36,43-51,54H2,1-5H3,(H,91,93)(H,92,104)(H,97,105)(H,99,107)(H,100,108)(H,101,109)(H,102,110). The van der Waals surface area contributed by atoms with E-state index in [9.17, 15) is 28.8 Å². The predicted octanol–water partition coefficient (Wildman–Crippen LogP) is 18.1. The number of hydrogen-bond acceptors (Lipinski definition) is 12. The number of ether oxygens (including phenoxy) is 1. The topological polar surface area (TPSA) is 304 Å². The Balaban J connectivity index is 1.01. The number of benzene rings is 4. The number of para-hydroxylation sites is 4. The molecule has 6 aliphatic rings. The number of carbonyl (C=O) groups excluding carboxylic acids is 8. The monoisotopic (exact) mass is 1490 g/mol. The normalized spacial score (nSPS) is 17.0.